The number of hydrogen-bond acceptors (Lipinski definition) is 7. The van der Waals surface area contributed by atoms with Crippen LogP contribution >= 0.6 is 0 Å². The maximum atomic E-state index is 5.54. The summed E-state index contributed by atoms with van der Waals surface area (Å²) in [7, 11) is 4.84. The van der Waals surface area contributed by atoms with Crippen molar-refractivity contribution in [2.75, 3.05) is 26.6 Å². The van der Waals surface area contributed by atoms with Crippen LogP contribution in [-0.2, 0) is 6.54 Å². The molecule has 4 rings (SSSR count). The number of nitrogens with zero attached hydrogens (tertiary/aromatic N) is 2. The Morgan fingerprint density at radius 3 is 2.31 bits per heavy atom. The van der Waals surface area contributed by atoms with Crippen LogP contribution in [0.25, 0.3) is 22.5 Å². The fourth-order valence-corrected chi connectivity index (χ4v) is 3.15. The van der Waals surface area contributed by atoms with E-state index in [9.17, 15) is 0 Å². The highest BCUT2D eigenvalue weighted by Gasteiger charge is 2.15. The lowest BCUT2D eigenvalue weighted by molar-refractivity contribution is 0.369. The quantitative estimate of drug-likeness (QED) is 0.496. The van der Waals surface area contributed by atoms with Gasteiger partial charge in [0, 0.05) is 24.1 Å². The second-order valence-corrected chi connectivity index (χ2v) is 6.25. The van der Waals surface area contributed by atoms with Gasteiger partial charge in [0.1, 0.15) is 23.1 Å². The van der Waals surface area contributed by atoms with Crippen LogP contribution in [0.1, 0.15) is 5.56 Å². The van der Waals surface area contributed by atoms with E-state index >= 15 is 0 Å². The van der Waals surface area contributed by atoms with Gasteiger partial charge < -0.3 is 23.9 Å². The average Bonchev–Trinajstić information content (AvgIpc) is 3.31. The van der Waals surface area contributed by atoms with Crippen molar-refractivity contribution in [3.63, 3.8) is 0 Å². The largest absolute Gasteiger partial charge is 0.496 e. The normalized spacial score (nSPS) is 10.7. The highest BCUT2D eigenvalue weighted by atomic mass is 16.5. The number of anilines is 1. The molecule has 29 heavy (non-hydrogen) atoms. The molecule has 0 fully saturated rings. The average molecular weight is 391 g/mol. The Kier molecular flexibility index (Phi) is 5.20. The molecule has 2 aromatic heterocycles. The van der Waals surface area contributed by atoms with Crippen molar-refractivity contribution in [1.82, 2.24) is 9.97 Å². The van der Waals surface area contributed by atoms with E-state index in [2.05, 4.69) is 15.3 Å². The standard InChI is InChI=1S/C22H21N3O4/c1-26-14-11-19(27-2)16(20(12-14)28-3)13-23-21-15-7-4-5-8-17(15)24-22(25-21)18-9-6-10-29-18/h4-12H,13H2,1-3H3,(H,23,24,25). The number of hydrogen-bond donors (Lipinski definition) is 1. The first-order chi connectivity index (χ1) is 14.2. The molecule has 0 aliphatic carbocycles. The SMILES string of the molecule is COc1cc(OC)c(CNc2nc(-c3ccco3)nc3ccccc23)c(OC)c1. The van der Waals surface area contributed by atoms with Gasteiger partial charge in [-0.05, 0) is 24.3 Å². The van der Waals surface area contributed by atoms with Gasteiger partial charge in [-0.3, -0.25) is 0 Å². The van der Waals surface area contributed by atoms with Gasteiger partial charge in [-0.25, -0.2) is 9.97 Å². The number of fused-ring (bicyclic) bond motifs is 1. The molecule has 7 nitrogen and oxygen atoms in total. The summed E-state index contributed by atoms with van der Waals surface area (Å²) in [6, 6.07) is 15.1. The van der Waals surface area contributed by atoms with Crippen LogP contribution < -0.4 is 19.5 Å². The van der Waals surface area contributed by atoms with Crippen LogP contribution in [0.5, 0.6) is 17.2 Å². The number of aromatic nitrogens is 2. The molecule has 0 amide bonds. The van der Waals surface area contributed by atoms with Gasteiger partial charge in [0.25, 0.3) is 0 Å². The molecule has 0 unspecified atom stereocenters. The minimum Gasteiger partial charge on any atom is -0.496 e. The molecule has 0 bridgehead atoms. The van der Waals surface area contributed by atoms with E-state index in [1.807, 2.05) is 48.5 Å². The molecule has 0 saturated carbocycles. The van der Waals surface area contributed by atoms with Crippen LogP contribution in [-0.4, -0.2) is 31.3 Å². The number of nitrogens with one attached hydrogen (secondary N) is 1. The molecule has 0 radical (unpaired) electrons. The Balaban J connectivity index is 1.74. The number of benzene rings is 2. The molecular formula is C22H21N3O4. The minimum atomic E-state index is 0.439. The summed E-state index contributed by atoms with van der Waals surface area (Å²) in [5, 5.41) is 4.31. The van der Waals surface area contributed by atoms with Gasteiger partial charge in [0.05, 0.1) is 38.7 Å². The molecule has 0 aliphatic heterocycles. The maximum absolute atomic E-state index is 5.54. The highest BCUT2D eigenvalue weighted by Crippen LogP contribution is 2.35. The summed E-state index contributed by atoms with van der Waals surface area (Å²) in [6.45, 7) is 0.439. The van der Waals surface area contributed by atoms with Crippen molar-refractivity contribution in [2.24, 2.45) is 0 Å². The van der Waals surface area contributed by atoms with Gasteiger partial charge in [0.2, 0.25) is 0 Å². The Morgan fingerprint density at radius 1 is 0.897 bits per heavy atom. The van der Waals surface area contributed by atoms with E-state index in [4.69, 9.17) is 18.6 Å². The first-order valence-corrected chi connectivity index (χ1v) is 9.07. The summed E-state index contributed by atoms with van der Waals surface area (Å²) in [4.78, 5) is 9.29. The Morgan fingerprint density at radius 2 is 1.66 bits per heavy atom. The van der Waals surface area contributed by atoms with Crippen LogP contribution in [0.15, 0.2) is 59.2 Å². The van der Waals surface area contributed by atoms with E-state index in [0.717, 1.165) is 16.5 Å². The molecule has 7 heteroatoms. The van der Waals surface area contributed by atoms with E-state index < -0.39 is 0 Å². The van der Waals surface area contributed by atoms with Crippen LogP contribution in [0.2, 0.25) is 0 Å². The van der Waals surface area contributed by atoms with Gasteiger partial charge in [0.15, 0.2) is 11.6 Å². The smallest absolute Gasteiger partial charge is 0.198 e. The first kappa shape index (κ1) is 18.6. The van der Waals surface area contributed by atoms with E-state index in [1.165, 1.54) is 0 Å². The highest BCUT2D eigenvalue weighted by molar-refractivity contribution is 5.90. The minimum absolute atomic E-state index is 0.439. The Hall–Kier alpha value is -3.74. The van der Waals surface area contributed by atoms with Gasteiger partial charge in [-0.15, -0.1) is 0 Å². The summed E-state index contributed by atoms with van der Waals surface area (Å²) < 4.78 is 21.9. The van der Waals surface area contributed by atoms with Crippen molar-refractivity contribution in [2.45, 2.75) is 6.54 Å². The number of para-hydroxylation sites is 1. The molecule has 0 saturated heterocycles. The van der Waals surface area contributed by atoms with Crippen molar-refractivity contribution >= 4 is 16.7 Å². The maximum Gasteiger partial charge on any atom is 0.198 e. The Bertz CT molecular complexity index is 1100. The molecule has 1 N–H and O–H groups in total. The monoisotopic (exact) mass is 391 g/mol. The molecule has 4 aromatic rings. The van der Waals surface area contributed by atoms with Gasteiger partial charge in [-0.2, -0.15) is 0 Å². The summed E-state index contributed by atoms with van der Waals surface area (Å²) >= 11 is 0. The van der Waals surface area contributed by atoms with Crippen molar-refractivity contribution in [3.8, 4) is 28.8 Å². The van der Waals surface area contributed by atoms with Crippen molar-refractivity contribution in [3.05, 3.63) is 60.4 Å². The third-order valence-electron chi connectivity index (χ3n) is 4.59. The summed E-state index contributed by atoms with van der Waals surface area (Å²) in [5.74, 6) is 3.82. The van der Waals surface area contributed by atoms with E-state index in [-0.39, 0.29) is 0 Å². The third-order valence-corrected chi connectivity index (χ3v) is 4.59. The van der Waals surface area contributed by atoms with Crippen molar-refractivity contribution < 1.29 is 18.6 Å². The van der Waals surface area contributed by atoms with Crippen LogP contribution in [0.4, 0.5) is 5.82 Å². The van der Waals surface area contributed by atoms with Crippen molar-refractivity contribution in [1.29, 1.82) is 0 Å². The van der Waals surface area contributed by atoms with Crippen LogP contribution in [0.3, 0.4) is 0 Å². The van der Waals surface area contributed by atoms with E-state index in [0.29, 0.717) is 41.2 Å². The third kappa shape index (κ3) is 3.67. The number of rotatable bonds is 7. The topological polar surface area (TPSA) is 78.6 Å². The second kappa shape index (κ2) is 8.10. The molecular weight excluding hydrogens is 370 g/mol. The lowest BCUT2D eigenvalue weighted by Gasteiger charge is -2.16. The predicted molar refractivity (Wildman–Crippen MR) is 111 cm³/mol. The Labute approximate surface area is 168 Å². The zero-order valence-electron chi connectivity index (χ0n) is 16.4. The van der Waals surface area contributed by atoms with Crippen LogP contribution in [0, 0.1) is 0 Å². The molecule has 2 aromatic carbocycles. The zero-order chi connectivity index (χ0) is 20.2. The fourth-order valence-electron chi connectivity index (χ4n) is 3.15. The number of ether oxygens (including phenoxy) is 3. The molecule has 2 heterocycles. The molecule has 0 atom stereocenters. The fraction of sp³-hybridized carbons (Fsp3) is 0.182. The molecule has 148 valence electrons. The number of furan rings is 1. The predicted octanol–water partition coefficient (Wildman–Crippen LogP) is 4.53. The molecule has 0 aliphatic rings. The lowest BCUT2D eigenvalue weighted by atomic mass is 10.1. The van der Waals surface area contributed by atoms with Gasteiger partial charge >= 0.3 is 0 Å². The van der Waals surface area contributed by atoms with Gasteiger partial charge in [-0.1, -0.05) is 12.1 Å². The second-order valence-electron chi connectivity index (χ2n) is 6.25. The number of methoxy groups -OCH3 is 3. The molecule has 0 spiro atoms. The summed E-state index contributed by atoms with van der Waals surface area (Å²) in [6.07, 6.45) is 1.61. The zero-order valence-corrected chi connectivity index (χ0v) is 16.4. The summed E-state index contributed by atoms with van der Waals surface area (Å²) in [5.41, 5.74) is 1.68. The first-order valence-electron chi connectivity index (χ1n) is 9.07. The van der Waals surface area contributed by atoms with E-state index in [1.54, 1.807) is 27.6 Å². The lowest BCUT2D eigenvalue weighted by Crippen LogP contribution is -2.07.